The van der Waals surface area contributed by atoms with E-state index in [9.17, 15) is 4.79 Å². The second-order valence-electron chi connectivity index (χ2n) is 4.65. The molecule has 0 spiro atoms. The molecule has 1 aromatic carbocycles. The summed E-state index contributed by atoms with van der Waals surface area (Å²) in [5.74, 6) is 1.39. The van der Waals surface area contributed by atoms with Gasteiger partial charge in [-0.2, -0.15) is 0 Å². The Kier molecular flexibility index (Phi) is 6.71. The minimum absolute atomic E-state index is 0.0849. The van der Waals surface area contributed by atoms with Crippen molar-refractivity contribution in [3.63, 3.8) is 0 Å². The van der Waals surface area contributed by atoms with Crippen LogP contribution in [-0.4, -0.2) is 36.9 Å². The van der Waals surface area contributed by atoms with Gasteiger partial charge in [-0.05, 0) is 37.5 Å². The van der Waals surface area contributed by atoms with Crippen molar-refractivity contribution in [2.45, 2.75) is 26.7 Å². The molecule has 0 heterocycles. The van der Waals surface area contributed by atoms with Crippen LogP contribution in [0.4, 0.5) is 0 Å². The number of rotatable bonds is 7. The van der Waals surface area contributed by atoms with E-state index in [1.807, 2.05) is 12.1 Å². The minimum atomic E-state index is 0.0849. The number of alkyl halides is 1. The first-order valence-electron chi connectivity index (χ1n) is 6.55. The first kappa shape index (κ1) is 15.8. The molecule has 0 aliphatic carbocycles. The topological polar surface area (TPSA) is 29.5 Å². The van der Waals surface area contributed by atoms with Gasteiger partial charge in [0.25, 0.3) is 0 Å². The maximum Gasteiger partial charge on any atom is 0.223 e. The number of carbonyl (C=O) groups excluding carboxylic acids is 1. The van der Waals surface area contributed by atoms with E-state index in [0.717, 1.165) is 12.2 Å². The molecule has 3 nitrogen and oxygen atoms in total. The number of ether oxygens (including phenoxy) is 1. The van der Waals surface area contributed by atoms with E-state index in [1.54, 1.807) is 11.9 Å². The molecule has 0 aromatic heterocycles. The summed E-state index contributed by atoms with van der Waals surface area (Å²) in [6, 6.07) is 6.04. The average Bonchev–Trinajstić information content (AvgIpc) is 2.39. The summed E-state index contributed by atoms with van der Waals surface area (Å²) in [4.78, 5) is 13.2. The highest BCUT2D eigenvalue weighted by Gasteiger charge is 2.07. The Morgan fingerprint density at radius 1 is 1.37 bits per heavy atom. The monoisotopic (exact) mass is 283 g/mol. The van der Waals surface area contributed by atoms with Gasteiger partial charge in [-0.3, -0.25) is 4.79 Å². The lowest BCUT2D eigenvalue weighted by Gasteiger charge is -2.17. The molecule has 0 saturated carbocycles. The zero-order valence-corrected chi connectivity index (χ0v) is 12.7. The first-order chi connectivity index (χ1) is 9.06. The molecular formula is C15H22ClNO2. The molecule has 0 aliphatic heterocycles. The van der Waals surface area contributed by atoms with Gasteiger partial charge in [0, 0.05) is 25.9 Å². The Morgan fingerprint density at radius 3 is 2.79 bits per heavy atom. The Balaban J connectivity index is 2.31. The summed E-state index contributed by atoms with van der Waals surface area (Å²) in [5, 5.41) is 0. The van der Waals surface area contributed by atoms with Crippen molar-refractivity contribution in [3.8, 4) is 5.75 Å². The van der Waals surface area contributed by atoms with Crippen molar-refractivity contribution < 1.29 is 9.53 Å². The van der Waals surface area contributed by atoms with Crippen LogP contribution >= 0.6 is 11.6 Å². The van der Waals surface area contributed by atoms with Crippen LogP contribution in [0.5, 0.6) is 5.75 Å². The average molecular weight is 284 g/mol. The standard InChI is InChI=1S/C15H22ClNO2/c1-12-6-4-7-14(13(12)2)19-11-5-10-17(3)15(18)8-9-16/h4,6-7H,5,8-11H2,1-3H3. The van der Waals surface area contributed by atoms with Gasteiger partial charge in [0.2, 0.25) is 5.91 Å². The predicted molar refractivity (Wildman–Crippen MR) is 79.0 cm³/mol. The van der Waals surface area contributed by atoms with Gasteiger partial charge in [0.05, 0.1) is 6.61 Å². The number of aryl methyl sites for hydroxylation is 1. The van der Waals surface area contributed by atoms with Crippen molar-refractivity contribution in [2.75, 3.05) is 26.1 Å². The highest BCUT2D eigenvalue weighted by molar-refractivity contribution is 6.18. The van der Waals surface area contributed by atoms with Gasteiger partial charge >= 0.3 is 0 Å². The van der Waals surface area contributed by atoms with Crippen molar-refractivity contribution >= 4 is 17.5 Å². The van der Waals surface area contributed by atoms with Gasteiger partial charge in [-0.15, -0.1) is 11.6 Å². The molecule has 0 atom stereocenters. The van der Waals surface area contributed by atoms with E-state index in [2.05, 4.69) is 19.9 Å². The van der Waals surface area contributed by atoms with Gasteiger partial charge in [-0.1, -0.05) is 12.1 Å². The van der Waals surface area contributed by atoms with Crippen LogP contribution in [-0.2, 0) is 4.79 Å². The summed E-state index contributed by atoms with van der Waals surface area (Å²) >= 11 is 5.54. The van der Waals surface area contributed by atoms with Crippen molar-refractivity contribution in [1.82, 2.24) is 4.90 Å². The SMILES string of the molecule is Cc1cccc(OCCCN(C)C(=O)CCCl)c1C. The van der Waals surface area contributed by atoms with Crippen molar-refractivity contribution in [2.24, 2.45) is 0 Å². The lowest BCUT2D eigenvalue weighted by Crippen LogP contribution is -2.28. The highest BCUT2D eigenvalue weighted by atomic mass is 35.5. The third kappa shape index (κ3) is 5.11. The van der Waals surface area contributed by atoms with E-state index >= 15 is 0 Å². The maximum atomic E-state index is 11.5. The van der Waals surface area contributed by atoms with E-state index in [4.69, 9.17) is 16.3 Å². The second-order valence-corrected chi connectivity index (χ2v) is 5.03. The summed E-state index contributed by atoms with van der Waals surface area (Å²) in [6.07, 6.45) is 1.22. The molecular weight excluding hydrogens is 262 g/mol. The van der Waals surface area contributed by atoms with E-state index in [1.165, 1.54) is 11.1 Å². The summed E-state index contributed by atoms with van der Waals surface area (Å²) in [6.45, 7) is 5.44. The zero-order valence-electron chi connectivity index (χ0n) is 11.9. The van der Waals surface area contributed by atoms with Crippen molar-refractivity contribution in [1.29, 1.82) is 0 Å². The number of hydrogen-bond donors (Lipinski definition) is 0. The zero-order chi connectivity index (χ0) is 14.3. The molecule has 0 bridgehead atoms. The largest absolute Gasteiger partial charge is 0.493 e. The molecule has 0 radical (unpaired) electrons. The number of amides is 1. The Hall–Kier alpha value is -1.22. The molecule has 0 N–H and O–H groups in total. The number of carbonyl (C=O) groups is 1. The quantitative estimate of drug-likeness (QED) is 0.568. The number of nitrogens with zero attached hydrogens (tertiary/aromatic N) is 1. The van der Waals surface area contributed by atoms with E-state index < -0.39 is 0 Å². The second kappa shape index (κ2) is 8.05. The fourth-order valence-corrected chi connectivity index (χ4v) is 1.92. The lowest BCUT2D eigenvalue weighted by molar-refractivity contribution is -0.129. The molecule has 1 amide bonds. The molecule has 0 saturated heterocycles. The number of hydrogen-bond acceptors (Lipinski definition) is 2. The maximum absolute atomic E-state index is 11.5. The molecule has 19 heavy (non-hydrogen) atoms. The molecule has 1 rings (SSSR count). The summed E-state index contributed by atoms with van der Waals surface area (Å²) in [7, 11) is 1.80. The molecule has 0 aliphatic rings. The van der Waals surface area contributed by atoms with Crippen LogP contribution in [0.1, 0.15) is 24.0 Å². The summed E-state index contributed by atoms with van der Waals surface area (Å²) < 4.78 is 5.74. The van der Waals surface area contributed by atoms with Crippen LogP contribution in [0.25, 0.3) is 0 Å². The van der Waals surface area contributed by atoms with Crippen molar-refractivity contribution in [3.05, 3.63) is 29.3 Å². The number of benzene rings is 1. The van der Waals surface area contributed by atoms with Gasteiger partial charge < -0.3 is 9.64 Å². The Labute approximate surface area is 120 Å². The molecule has 0 unspecified atom stereocenters. The van der Waals surface area contributed by atoms with Crippen LogP contribution in [0, 0.1) is 13.8 Å². The van der Waals surface area contributed by atoms with Gasteiger partial charge in [0.15, 0.2) is 0 Å². The molecule has 1 aromatic rings. The first-order valence-corrected chi connectivity index (χ1v) is 7.08. The fourth-order valence-electron chi connectivity index (χ4n) is 1.76. The van der Waals surface area contributed by atoms with Crippen LogP contribution in [0.15, 0.2) is 18.2 Å². The van der Waals surface area contributed by atoms with E-state index in [0.29, 0.717) is 25.5 Å². The predicted octanol–water partition coefficient (Wildman–Crippen LogP) is 3.16. The van der Waals surface area contributed by atoms with Crippen LogP contribution in [0.2, 0.25) is 0 Å². The third-order valence-corrected chi connectivity index (χ3v) is 3.37. The van der Waals surface area contributed by atoms with Gasteiger partial charge in [0.1, 0.15) is 5.75 Å². The third-order valence-electron chi connectivity index (χ3n) is 3.18. The smallest absolute Gasteiger partial charge is 0.223 e. The molecule has 0 fully saturated rings. The highest BCUT2D eigenvalue weighted by Crippen LogP contribution is 2.20. The van der Waals surface area contributed by atoms with Gasteiger partial charge in [-0.25, -0.2) is 0 Å². The number of halogens is 1. The van der Waals surface area contributed by atoms with Crippen LogP contribution in [0.3, 0.4) is 0 Å². The molecule has 4 heteroatoms. The van der Waals surface area contributed by atoms with Crippen LogP contribution < -0.4 is 4.74 Å². The van der Waals surface area contributed by atoms with E-state index in [-0.39, 0.29) is 5.91 Å². The Morgan fingerprint density at radius 2 is 2.11 bits per heavy atom. The normalized spacial score (nSPS) is 10.3. The fraction of sp³-hybridized carbons (Fsp3) is 0.533. The molecule has 106 valence electrons. The Bertz CT molecular complexity index is 421. The summed E-state index contributed by atoms with van der Waals surface area (Å²) in [5.41, 5.74) is 2.40. The minimum Gasteiger partial charge on any atom is -0.493 e. The lowest BCUT2D eigenvalue weighted by atomic mass is 10.1.